The molecular formula is C17H18N4OS2. The second-order valence-corrected chi connectivity index (χ2v) is 7.80. The van der Waals surface area contributed by atoms with E-state index in [0.717, 1.165) is 15.4 Å². The van der Waals surface area contributed by atoms with Crippen molar-refractivity contribution < 1.29 is 4.79 Å². The summed E-state index contributed by atoms with van der Waals surface area (Å²) in [6.07, 6.45) is 0. The maximum Gasteiger partial charge on any atom is 0.321 e. The molecule has 0 radical (unpaired) electrons. The Balaban J connectivity index is 1.64. The molecule has 2 amide bonds. The monoisotopic (exact) mass is 358 g/mol. The van der Waals surface area contributed by atoms with Crippen LogP contribution >= 0.6 is 22.7 Å². The lowest BCUT2D eigenvalue weighted by Crippen LogP contribution is -2.27. The molecule has 2 N–H and O–H groups in total. The zero-order valence-corrected chi connectivity index (χ0v) is 15.1. The molecule has 124 valence electrons. The summed E-state index contributed by atoms with van der Waals surface area (Å²) in [6, 6.07) is 13.8. The Hall–Kier alpha value is -2.25. The normalized spacial score (nSPS) is 11.2. The van der Waals surface area contributed by atoms with Crippen molar-refractivity contribution in [3.63, 3.8) is 0 Å². The third-order valence-corrected chi connectivity index (χ3v) is 5.72. The van der Waals surface area contributed by atoms with Crippen LogP contribution in [0.4, 0.5) is 9.93 Å². The smallest absolute Gasteiger partial charge is 0.321 e. The van der Waals surface area contributed by atoms with Crippen LogP contribution < -0.4 is 10.6 Å². The number of nitrogens with zero attached hydrogens (tertiary/aromatic N) is 2. The molecule has 0 fully saturated rings. The number of nitrogens with one attached hydrogen (secondary N) is 2. The first-order valence-electron chi connectivity index (χ1n) is 7.52. The van der Waals surface area contributed by atoms with Gasteiger partial charge in [-0.1, -0.05) is 47.7 Å². The highest BCUT2D eigenvalue weighted by Gasteiger charge is 2.27. The standard InChI is InChI=1S/C17H18N4OS2/c1-17(2,12-7-4-3-5-8-12)14-20-21-16(24-14)19-15(22)18-11-13-9-6-10-23-13/h3-10H,11H2,1-2H3,(H2,18,19,21,22). The van der Waals surface area contributed by atoms with Crippen LogP contribution in [0.5, 0.6) is 0 Å². The molecule has 5 nitrogen and oxygen atoms in total. The number of rotatable bonds is 5. The summed E-state index contributed by atoms with van der Waals surface area (Å²) in [4.78, 5) is 13.1. The fourth-order valence-electron chi connectivity index (χ4n) is 2.23. The Bertz CT molecular complexity index is 797. The molecule has 0 atom stereocenters. The first-order chi connectivity index (χ1) is 11.6. The van der Waals surface area contributed by atoms with Gasteiger partial charge in [-0.2, -0.15) is 0 Å². The number of carbonyl (C=O) groups excluding carboxylic acids is 1. The van der Waals surface area contributed by atoms with Crippen molar-refractivity contribution in [3.05, 3.63) is 63.3 Å². The second kappa shape index (κ2) is 7.11. The molecule has 0 aliphatic heterocycles. The molecule has 0 aliphatic rings. The average Bonchev–Trinajstić information content (AvgIpc) is 3.26. The van der Waals surface area contributed by atoms with Gasteiger partial charge in [0.05, 0.1) is 6.54 Å². The van der Waals surface area contributed by atoms with Crippen LogP contribution in [-0.2, 0) is 12.0 Å². The molecule has 0 aliphatic carbocycles. The maximum atomic E-state index is 12.0. The predicted octanol–water partition coefficient (Wildman–Crippen LogP) is 4.25. The van der Waals surface area contributed by atoms with Gasteiger partial charge >= 0.3 is 6.03 Å². The van der Waals surface area contributed by atoms with E-state index in [9.17, 15) is 4.79 Å². The highest BCUT2D eigenvalue weighted by Crippen LogP contribution is 2.34. The number of urea groups is 1. The number of carbonyl (C=O) groups is 1. The zero-order chi connectivity index (χ0) is 17.0. The summed E-state index contributed by atoms with van der Waals surface area (Å²) >= 11 is 3.00. The summed E-state index contributed by atoms with van der Waals surface area (Å²) in [5, 5.41) is 17.3. The lowest BCUT2D eigenvalue weighted by Gasteiger charge is -2.21. The van der Waals surface area contributed by atoms with E-state index in [1.807, 2.05) is 35.7 Å². The minimum Gasteiger partial charge on any atom is -0.333 e. The Labute approximate surface area is 148 Å². The summed E-state index contributed by atoms with van der Waals surface area (Å²) < 4.78 is 0. The van der Waals surface area contributed by atoms with E-state index in [0.29, 0.717) is 11.7 Å². The number of aromatic nitrogens is 2. The van der Waals surface area contributed by atoms with Crippen LogP contribution in [0.1, 0.15) is 29.3 Å². The van der Waals surface area contributed by atoms with Crippen molar-refractivity contribution in [1.29, 1.82) is 0 Å². The SMILES string of the molecule is CC(C)(c1ccccc1)c1nnc(NC(=O)NCc2cccs2)s1. The molecule has 3 aromatic rings. The third-order valence-electron chi connectivity index (χ3n) is 3.68. The first kappa shape index (κ1) is 16.6. The van der Waals surface area contributed by atoms with Crippen LogP contribution in [0.15, 0.2) is 47.8 Å². The van der Waals surface area contributed by atoms with Gasteiger partial charge in [-0.25, -0.2) is 4.79 Å². The van der Waals surface area contributed by atoms with Crippen molar-refractivity contribution in [1.82, 2.24) is 15.5 Å². The minimum atomic E-state index is -0.274. The highest BCUT2D eigenvalue weighted by molar-refractivity contribution is 7.15. The molecule has 0 saturated carbocycles. The van der Waals surface area contributed by atoms with Crippen LogP contribution in [0.2, 0.25) is 0 Å². The minimum absolute atomic E-state index is 0.258. The van der Waals surface area contributed by atoms with E-state index >= 15 is 0 Å². The van der Waals surface area contributed by atoms with E-state index in [4.69, 9.17) is 0 Å². The number of hydrogen-bond acceptors (Lipinski definition) is 5. The van der Waals surface area contributed by atoms with Crippen LogP contribution in [-0.4, -0.2) is 16.2 Å². The fourth-order valence-corrected chi connectivity index (χ4v) is 3.73. The highest BCUT2D eigenvalue weighted by atomic mass is 32.1. The second-order valence-electron chi connectivity index (χ2n) is 5.79. The first-order valence-corrected chi connectivity index (χ1v) is 9.22. The molecular weight excluding hydrogens is 340 g/mol. The van der Waals surface area contributed by atoms with Gasteiger partial charge < -0.3 is 5.32 Å². The molecule has 1 aromatic carbocycles. The number of amides is 2. The Morgan fingerprint density at radius 3 is 2.62 bits per heavy atom. The summed E-state index contributed by atoms with van der Waals surface area (Å²) in [5.41, 5.74) is 0.904. The molecule has 3 rings (SSSR count). The quantitative estimate of drug-likeness (QED) is 0.716. The van der Waals surface area contributed by atoms with Crippen LogP contribution in [0, 0.1) is 0 Å². The molecule has 0 spiro atoms. The van der Waals surface area contributed by atoms with E-state index in [1.54, 1.807) is 11.3 Å². The van der Waals surface area contributed by atoms with Crippen molar-refractivity contribution in [2.24, 2.45) is 0 Å². The molecule has 0 bridgehead atoms. The topological polar surface area (TPSA) is 66.9 Å². The Kier molecular flexibility index (Phi) is 4.92. The Morgan fingerprint density at radius 2 is 1.92 bits per heavy atom. The van der Waals surface area contributed by atoms with Crippen molar-refractivity contribution in [2.45, 2.75) is 25.8 Å². The largest absolute Gasteiger partial charge is 0.333 e. The van der Waals surface area contributed by atoms with Gasteiger partial charge in [0.2, 0.25) is 5.13 Å². The van der Waals surface area contributed by atoms with E-state index < -0.39 is 0 Å². The van der Waals surface area contributed by atoms with E-state index in [-0.39, 0.29) is 11.4 Å². The van der Waals surface area contributed by atoms with Crippen molar-refractivity contribution in [3.8, 4) is 0 Å². The lowest BCUT2D eigenvalue weighted by atomic mass is 9.85. The number of thiophene rings is 1. The van der Waals surface area contributed by atoms with Gasteiger partial charge in [-0.05, 0) is 30.9 Å². The van der Waals surface area contributed by atoms with E-state index in [1.165, 1.54) is 11.3 Å². The van der Waals surface area contributed by atoms with Crippen molar-refractivity contribution in [2.75, 3.05) is 5.32 Å². The van der Waals surface area contributed by atoms with Crippen molar-refractivity contribution >= 4 is 33.8 Å². The van der Waals surface area contributed by atoms with Crippen LogP contribution in [0.25, 0.3) is 0 Å². The summed E-state index contributed by atoms with van der Waals surface area (Å²) in [6.45, 7) is 4.71. The van der Waals surface area contributed by atoms with Gasteiger partial charge in [0.1, 0.15) is 5.01 Å². The van der Waals surface area contributed by atoms with Gasteiger partial charge in [-0.3, -0.25) is 5.32 Å². The van der Waals surface area contributed by atoms with Crippen LogP contribution in [0.3, 0.4) is 0 Å². The predicted molar refractivity (Wildman–Crippen MR) is 98.7 cm³/mol. The fraction of sp³-hybridized carbons (Fsp3) is 0.235. The zero-order valence-electron chi connectivity index (χ0n) is 13.4. The third kappa shape index (κ3) is 3.80. The maximum absolute atomic E-state index is 12.0. The molecule has 0 unspecified atom stereocenters. The molecule has 24 heavy (non-hydrogen) atoms. The molecule has 2 aromatic heterocycles. The molecule has 0 saturated heterocycles. The summed E-state index contributed by atoms with van der Waals surface area (Å²) in [7, 11) is 0. The lowest BCUT2D eigenvalue weighted by molar-refractivity contribution is 0.252. The van der Waals surface area contributed by atoms with Gasteiger partial charge in [-0.15, -0.1) is 21.5 Å². The Morgan fingerprint density at radius 1 is 1.12 bits per heavy atom. The number of anilines is 1. The van der Waals surface area contributed by atoms with Gasteiger partial charge in [0, 0.05) is 10.3 Å². The number of hydrogen-bond donors (Lipinski definition) is 2. The summed E-state index contributed by atoms with van der Waals surface area (Å²) in [5.74, 6) is 0. The molecule has 2 heterocycles. The van der Waals surface area contributed by atoms with E-state index in [2.05, 4.69) is 46.8 Å². The number of benzene rings is 1. The van der Waals surface area contributed by atoms with Gasteiger partial charge in [0.25, 0.3) is 0 Å². The van der Waals surface area contributed by atoms with Gasteiger partial charge in [0.15, 0.2) is 0 Å². The average molecular weight is 358 g/mol. The molecule has 7 heteroatoms.